The Morgan fingerprint density at radius 2 is 1.37 bits per heavy atom. The summed E-state index contributed by atoms with van der Waals surface area (Å²) in [4.78, 5) is 11.1. The molecule has 0 saturated heterocycles. The summed E-state index contributed by atoms with van der Waals surface area (Å²) in [5.74, 6) is -1.75. The Kier molecular flexibility index (Phi) is 12.0. The molecule has 0 aromatic heterocycles. The molecule has 0 aliphatic heterocycles. The second-order valence-electron chi connectivity index (χ2n) is 5.51. The summed E-state index contributed by atoms with van der Waals surface area (Å²) in [7, 11) is 0. The fourth-order valence-electron chi connectivity index (χ4n) is 2.39. The number of alkyl halides is 1. The van der Waals surface area contributed by atoms with Gasteiger partial charge in [-0.25, -0.2) is 4.39 Å². The van der Waals surface area contributed by atoms with E-state index in [0.717, 1.165) is 44.9 Å². The van der Waals surface area contributed by atoms with Crippen molar-refractivity contribution < 1.29 is 14.3 Å². The second-order valence-corrected chi connectivity index (χ2v) is 5.51. The van der Waals surface area contributed by atoms with Gasteiger partial charge < -0.3 is 5.11 Å². The zero-order valence-corrected chi connectivity index (χ0v) is 12.7. The molecule has 19 heavy (non-hydrogen) atoms. The Morgan fingerprint density at radius 1 is 0.895 bits per heavy atom. The predicted molar refractivity (Wildman–Crippen MR) is 78.2 cm³/mol. The molecular weight excluding hydrogens is 243 g/mol. The van der Waals surface area contributed by atoms with Crippen LogP contribution in [-0.2, 0) is 4.79 Å². The average Bonchev–Trinajstić information content (AvgIpc) is 2.37. The summed E-state index contributed by atoms with van der Waals surface area (Å²) in [6.45, 7) is 4.26. The van der Waals surface area contributed by atoms with E-state index in [-0.39, 0.29) is 0 Å². The predicted octanol–water partition coefficient (Wildman–Crippen LogP) is 5.36. The number of hydrogen-bond donors (Lipinski definition) is 1. The highest BCUT2D eigenvalue weighted by molar-refractivity contribution is 5.70. The van der Waals surface area contributed by atoms with E-state index in [0.29, 0.717) is 12.8 Å². The smallest absolute Gasteiger partial charge is 0.309 e. The molecule has 2 unspecified atom stereocenters. The molecule has 0 aromatic rings. The van der Waals surface area contributed by atoms with Crippen LogP contribution in [0.4, 0.5) is 4.39 Å². The summed E-state index contributed by atoms with van der Waals surface area (Å²) in [5, 5.41) is 9.10. The van der Waals surface area contributed by atoms with Crippen LogP contribution < -0.4 is 0 Å². The van der Waals surface area contributed by atoms with Crippen LogP contribution in [0.25, 0.3) is 0 Å². The van der Waals surface area contributed by atoms with Crippen molar-refractivity contribution in [3.05, 3.63) is 0 Å². The molecule has 0 amide bonds. The number of carboxylic acid groups (broad SMARTS) is 1. The minimum Gasteiger partial charge on any atom is -0.481 e. The van der Waals surface area contributed by atoms with Gasteiger partial charge in [-0.15, -0.1) is 0 Å². The third-order valence-electron chi connectivity index (χ3n) is 3.71. The lowest BCUT2D eigenvalue weighted by atomic mass is 9.93. The molecule has 0 bridgehead atoms. The number of aliphatic carboxylic acids is 1. The molecule has 0 radical (unpaired) electrons. The monoisotopic (exact) mass is 274 g/mol. The van der Waals surface area contributed by atoms with Crippen LogP contribution in [0, 0.1) is 5.92 Å². The van der Waals surface area contributed by atoms with Gasteiger partial charge in [0.05, 0.1) is 5.92 Å². The van der Waals surface area contributed by atoms with Crippen molar-refractivity contribution in [1.29, 1.82) is 0 Å². The van der Waals surface area contributed by atoms with Crippen LogP contribution in [-0.4, -0.2) is 17.2 Å². The first-order valence-corrected chi connectivity index (χ1v) is 8.00. The molecule has 2 nitrogen and oxygen atoms in total. The van der Waals surface area contributed by atoms with Crippen molar-refractivity contribution in [3.63, 3.8) is 0 Å². The first-order valence-electron chi connectivity index (χ1n) is 8.00. The molecular formula is C16H31FO2. The van der Waals surface area contributed by atoms with E-state index in [2.05, 4.69) is 13.8 Å². The fourth-order valence-corrected chi connectivity index (χ4v) is 2.39. The lowest BCUT2D eigenvalue weighted by Gasteiger charge is -2.17. The Bertz CT molecular complexity index is 219. The van der Waals surface area contributed by atoms with Gasteiger partial charge in [-0.05, 0) is 12.8 Å². The summed E-state index contributed by atoms with van der Waals surface area (Å²) >= 11 is 0. The SMILES string of the molecule is CCCCCCCC(F)C(CCCCCC)C(=O)O. The molecule has 0 rings (SSSR count). The van der Waals surface area contributed by atoms with Gasteiger partial charge in [0, 0.05) is 0 Å². The first kappa shape index (κ1) is 18.4. The maximum atomic E-state index is 14.0. The normalized spacial score (nSPS) is 14.3. The molecule has 1 N–H and O–H groups in total. The molecule has 0 spiro atoms. The van der Waals surface area contributed by atoms with E-state index >= 15 is 0 Å². The standard InChI is InChI=1S/C16H31FO2/c1-3-5-7-9-11-13-15(17)14(16(18)19)12-10-8-6-4-2/h14-15H,3-13H2,1-2H3,(H,18,19). The molecule has 114 valence electrons. The van der Waals surface area contributed by atoms with Crippen LogP contribution in [0.2, 0.25) is 0 Å². The number of carboxylic acids is 1. The van der Waals surface area contributed by atoms with Crippen molar-refractivity contribution in [3.8, 4) is 0 Å². The van der Waals surface area contributed by atoms with E-state index in [1.54, 1.807) is 0 Å². The number of unbranched alkanes of at least 4 members (excludes halogenated alkanes) is 7. The van der Waals surface area contributed by atoms with E-state index in [4.69, 9.17) is 5.11 Å². The van der Waals surface area contributed by atoms with Gasteiger partial charge in [0.15, 0.2) is 0 Å². The van der Waals surface area contributed by atoms with Crippen LogP contribution in [0.5, 0.6) is 0 Å². The van der Waals surface area contributed by atoms with Gasteiger partial charge in [0.25, 0.3) is 0 Å². The van der Waals surface area contributed by atoms with Gasteiger partial charge in [-0.1, -0.05) is 71.6 Å². The maximum absolute atomic E-state index is 14.0. The topological polar surface area (TPSA) is 37.3 Å². The minimum absolute atomic E-state index is 0.411. The molecule has 0 fully saturated rings. The molecule has 0 heterocycles. The third-order valence-corrected chi connectivity index (χ3v) is 3.71. The minimum atomic E-state index is -1.17. The number of rotatable bonds is 13. The van der Waals surface area contributed by atoms with Crippen molar-refractivity contribution in [2.75, 3.05) is 0 Å². The molecule has 0 aliphatic carbocycles. The molecule has 0 saturated carbocycles. The Balaban J connectivity index is 3.84. The van der Waals surface area contributed by atoms with Crippen molar-refractivity contribution in [1.82, 2.24) is 0 Å². The van der Waals surface area contributed by atoms with Gasteiger partial charge in [0.1, 0.15) is 6.17 Å². The Hall–Kier alpha value is -0.600. The summed E-state index contributed by atoms with van der Waals surface area (Å²) in [6, 6.07) is 0. The quantitative estimate of drug-likeness (QED) is 0.459. The van der Waals surface area contributed by atoms with Crippen LogP contribution in [0.1, 0.15) is 84.5 Å². The lowest BCUT2D eigenvalue weighted by molar-refractivity contribution is -0.144. The van der Waals surface area contributed by atoms with Crippen LogP contribution in [0.15, 0.2) is 0 Å². The average molecular weight is 274 g/mol. The van der Waals surface area contributed by atoms with Gasteiger partial charge >= 0.3 is 5.97 Å². The first-order chi connectivity index (χ1) is 9.13. The van der Waals surface area contributed by atoms with Gasteiger partial charge in [0.2, 0.25) is 0 Å². The zero-order valence-electron chi connectivity index (χ0n) is 12.7. The maximum Gasteiger partial charge on any atom is 0.309 e. The van der Waals surface area contributed by atoms with Crippen LogP contribution >= 0.6 is 0 Å². The highest BCUT2D eigenvalue weighted by Gasteiger charge is 2.26. The fraction of sp³-hybridized carbons (Fsp3) is 0.938. The van der Waals surface area contributed by atoms with Gasteiger partial charge in [-0.3, -0.25) is 4.79 Å². The third kappa shape index (κ3) is 9.92. The zero-order chi connectivity index (χ0) is 14.5. The molecule has 0 aromatic carbocycles. The van der Waals surface area contributed by atoms with E-state index in [1.807, 2.05) is 0 Å². The van der Waals surface area contributed by atoms with E-state index < -0.39 is 18.1 Å². The molecule has 3 heteroatoms. The lowest BCUT2D eigenvalue weighted by Crippen LogP contribution is -2.25. The van der Waals surface area contributed by atoms with E-state index in [1.165, 1.54) is 12.8 Å². The summed E-state index contributed by atoms with van der Waals surface area (Å²) in [6.07, 6.45) is 9.16. The summed E-state index contributed by atoms with van der Waals surface area (Å²) in [5.41, 5.74) is 0. The Labute approximate surface area is 117 Å². The van der Waals surface area contributed by atoms with Gasteiger partial charge in [-0.2, -0.15) is 0 Å². The second kappa shape index (κ2) is 12.4. The van der Waals surface area contributed by atoms with Crippen molar-refractivity contribution >= 4 is 5.97 Å². The van der Waals surface area contributed by atoms with Crippen LogP contribution in [0.3, 0.4) is 0 Å². The van der Waals surface area contributed by atoms with Crippen molar-refractivity contribution in [2.45, 2.75) is 90.6 Å². The summed E-state index contributed by atoms with van der Waals surface area (Å²) < 4.78 is 14.0. The number of hydrogen-bond acceptors (Lipinski definition) is 1. The Morgan fingerprint density at radius 3 is 1.89 bits per heavy atom. The van der Waals surface area contributed by atoms with Crippen molar-refractivity contribution in [2.24, 2.45) is 5.92 Å². The largest absolute Gasteiger partial charge is 0.481 e. The number of carbonyl (C=O) groups is 1. The molecule has 0 aliphatic rings. The van der Waals surface area contributed by atoms with E-state index in [9.17, 15) is 9.18 Å². The molecule has 2 atom stereocenters. The highest BCUT2D eigenvalue weighted by Crippen LogP contribution is 2.22. The highest BCUT2D eigenvalue weighted by atomic mass is 19.1. The number of halogens is 1.